The van der Waals surface area contributed by atoms with E-state index in [2.05, 4.69) is 29.4 Å². The van der Waals surface area contributed by atoms with E-state index in [9.17, 15) is 4.79 Å². The summed E-state index contributed by atoms with van der Waals surface area (Å²) in [5, 5.41) is 6.62. The van der Waals surface area contributed by atoms with Crippen molar-refractivity contribution >= 4 is 5.91 Å². The maximum absolute atomic E-state index is 12.6. The molecule has 2 saturated heterocycles. The van der Waals surface area contributed by atoms with Crippen LogP contribution in [0.5, 0.6) is 0 Å². The summed E-state index contributed by atoms with van der Waals surface area (Å²) in [7, 11) is 0. The number of nitrogens with one attached hydrogen (secondary N) is 2. The molecule has 0 spiro atoms. The number of amides is 1. The minimum absolute atomic E-state index is 0.0619. The van der Waals surface area contributed by atoms with Gasteiger partial charge in [-0.25, -0.2) is 0 Å². The quantitative estimate of drug-likeness (QED) is 0.805. The summed E-state index contributed by atoms with van der Waals surface area (Å²) in [6.45, 7) is 9.52. The van der Waals surface area contributed by atoms with Gasteiger partial charge in [0.2, 0.25) is 5.91 Å². The molecule has 2 unspecified atom stereocenters. The van der Waals surface area contributed by atoms with Gasteiger partial charge in [0, 0.05) is 6.54 Å². The van der Waals surface area contributed by atoms with Crippen molar-refractivity contribution in [3.63, 3.8) is 0 Å². The van der Waals surface area contributed by atoms with Gasteiger partial charge in [-0.05, 0) is 63.7 Å². The first-order valence-corrected chi connectivity index (χ1v) is 8.41. The number of carbonyl (C=O) groups is 1. The van der Waals surface area contributed by atoms with Crippen molar-refractivity contribution in [2.75, 3.05) is 32.7 Å². The summed E-state index contributed by atoms with van der Waals surface area (Å²) >= 11 is 0. The van der Waals surface area contributed by atoms with Gasteiger partial charge in [0.15, 0.2) is 0 Å². The molecule has 2 fully saturated rings. The minimum atomic E-state index is 0.0619. The molecule has 20 heavy (non-hydrogen) atoms. The zero-order chi connectivity index (χ0) is 14.4. The summed E-state index contributed by atoms with van der Waals surface area (Å²) < 4.78 is 0. The van der Waals surface area contributed by atoms with Crippen LogP contribution in [0.1, 0.15) is 46.0 Å². The monoisotopic (exact) mass is 281 g/mol. The average molecular weight is 281 g/mol. The number of nitrogens with zero attached hydrogens (tertiary/aromatic N) is 1. The molecular weight excluding hydrogens is 250 g/mol. The fourth-order valence-electron chi connectivity index (χ4n) is 3.53. The van der Waals surface area contributed by atoms with Crippen molar-refractivity contribution in [1.29, 1.82) is 0 Å². The molecule has 0 bridgehead atoms. The molecule has 0 aromatic heterocycles. The lowest BCUT2D eigenvalue weighted by Crippen LogP contribution is -2.52. The molecule has 4 nitrogen and oxygen atoms in total. The molecule has 0 aliphatic carbocycles. The first kappa shape index (κ1) is 15.8. The molecule has 0 saturated carbocycles. The lowest BCUT2D eigenvalue weighted by molar-refractivity contribution is -0.128. The fourth-order valence-corrected chi connectivity index (χ4v) is 3.53. The van der Waals surface area contributed by atoms with E-state index in [1.807, 2.05) is 0 Å². The smallest absolute Gasteiger partial charge is 0.237 e. The van der Waals surface area contributed by atoms with E-state index in [-0.39, 0.29) is 11.9 Å². The van der Waals surface area contributed by atoms with Gasteiger partial charge in [-0.3, -0.25) is 9.69 Å². The molecule has 2 atom stereocenters. The lowest BCUT2D eigenvalue weighted by atomic mass is 9.97. The molecule has 2 aliphatic heterocycles. The second kappa shape index (κ2) is 7.99. The Hall–Kier alpha value is -0.610. The van der Waals surface area contributed by atoms with E-state index in [0.29, 0.717) is 11.8 Å². The number of rotatable bonds is 5. The van der Waals surface area contributed by atoms with Crippen LogP contribution < -0.4 is 10.6 Å². The maximum atomic E-state index is 12.6. The van der Waals surface area contributed by atoms with Crippen LogP contribution in [0.4, 0.5) is 0 Å². The SMILES string of the molecule is CC(C)C(C(=O)NCC1CCCNC1)N1CCCCC1. The van der Waals surface area contributed by atoms with E-state index in [0.717, 1.165) is 32.7 Å². The number of piperidine rings is 2. The van der Waals surface area contributed by atoms with Crippen molar-refractivity contribution in [3.05, 3.63) is 0 Å². The third-order valence-corrected chi connectivity index (χ3v) is 4.65. The Morgan fingerprint density at radius 3 is 2.60 bits per heavy atom. The molecular formula is C16H31N3O. The number of carbonyl (C=O) groups excluding carboxylic acids is 1. The predicted molar refractivity (Wildman–Crippen MR) is 82.7 cm³/mol. The van der Waals surface area contributed by atoms with E-state index >= 15 is 0 Å². The third kappa shape index (κ3) is 4.45. The summed E-state index contributed by atoms with van der Waals surface area (Å²) in [5.74, 6) is 1.24. The van der Waals surface area contributed by atoms with Crippen LogP contribution in [0.2, 0.25) is 0 Å². The van der Waals surface area contributed by atoms with E-state index < -0.39 is 0 Å². The summed E-state index contributed by atoms with van der Waals surface area (Å²) in [6.07, 6.45) is 6.27. The van der Waals surface area contributed by atoms with Crippen molar-refractivity contribution in [1.82, 2.24) is 15.5 Å². The fraction of sp³-hybridized carbons (Fsp3) is 0.938. The van der Waals surface area contributed by atoms with E-state index in [1.54, 1.807) is 0 Å². The van der Waals surface area contributed by atoms with Crippen molar-refractivity contribution < 1.29 is 4.79 Å². The predicted octanol–water partition coefficient (Wildman–Crippen LogP) is 1.61. The van der Waals surface area contributed by atoms with Crippen LogP contribution in [0.3, 0.4) is 0 Å². The molecule has 116 valence electrons. The van der Waals surface area contributed by atoms with Gasteiger partial charge in [0.25, 0.3) is 0 Å². The molecule has 0 radical (unpaired) electrons. The van der Waals surface area contributed by atoms with Gasteiger partial charge in [0.1, 0.15) is 0 Å². The van der Waals surface area contributed by atoms with Gasteiger partial charge < -0.3 is 10.6 Å². The Morgan fingerprint density at radius 2 is 2.00 bits per heavy atom. The highest BCUT2D eigenvalue weighted by Crippen LogP contribution is 2.18. The Morgan fingerprint density at radius 1 is 1.25 bits per heavy atom. The molecule has 2 aliphatic rings. The topological polar surface area (TPSA) is 44.4 Å². The Bertz CT molecular complexity index is 294. The minimum Gasteiger partial charge on any atom is -0.354 e. The number of likely N-dealkylation sites (tertiary alicyclic amines) is 1. The molecule has 2 N–H and O–H groups in total. The zero-order valence-electron chi connectivity index (χ0n) is 13.2. The molecule has 0 aromatic carbocycles. The van der Waals surface area contributed by atoms with Crippen LogP contribution in [0, 0.1) is 11.8 Å². The molecule has 2 rings (SSSR count). The van der Waals surface area contributed by atoms with Gasteiger partial charge in [-0.15, -0.1) is 0 Å². The van der Waals surface area contributed by atoms with Gasteiger partial charge in [-0.2, -0.15) is 0 Å². The summed E-state index contributed by atoms with van der Waals surface area (Å²) in [4.78, 5) is 14.9. The van der Waals surface area contributed by atoms with Gasteiger partial charge in [0.05, 0.1) is 6.04 Å². The molecule has 4 heteroatoms. The molecule has 2 heterocycles. The molecule has 0 aromatic rings. The normalized spacial score (nSPS) is 26.4. The van der Waals surface area contributed by atoms with Crippen LogP contribution in [-0.4, -0.2) is 49.6 Å². The maximum Gasteiger partial charge on any atom is 0.237 e. The first-order valence-electron chi connectivity index (χ1n) is 8.41. The standard InChI is InChI=1S/C16H31N3O/c1-13(2)15(19-9-4-3-5-10-19)16(20)18-12-14-7-6-8-17-11-14/h13-15,17H,3-12H2,1-2H3,(H,18,20). The van der Waals surface area contributed by atoms with Crippen LogP contribution in [-0.2, 0) is 4.79 Å². The highest BCUT2D eigenvalue weighted by Gasteiger charge is 2.30. The van der Waals surface area contributed by atoms with Crippen molar-refractivity contribution in [2.24, 2.45) is 11.8 Å². The number of hydrogen-bond donors (Lipinski definition) is 2. The van der Waals surface area contributed by atoms with E-state index in [1.165, 1.54) is 32.1 Å². The van der Waals surface area contributed by atoms with Gasteiger partial charge in [-0.1, -0.05) is 20.3 Å². The van der Waals surface area contributed by atoms with Crippen LogP contribution >= 0.6 is 0 Å². The Labute approximate surface area is 123 Å². The van der Waals surface area contributed by atoms with Crippen molar-refractivity contribution in [3.8, 4) is 0 Å². The highest BCUT2D eigenvalue weighted by atomic mass is 16.2. The first-order chi connectivity index (χ1) is 9.68. The average Bonchev–Trinajstić information content (AvgIpc) is 2.47. The van der Waals surface area contributed by atoms with Crippen LogP contribution in [0.25, 0.3) is 0 Å². The van der Waals surface area contributed by atoms with Crippen molar-refractivity contribution in [2.45, 2.75) is 52.0 Å². The summed E-state index contributed by atoms with van der Waals surface area (Å²) in [5.41, 5.74) is 0. The third-order valence-electron chi connectivity index (χ3n) is 4.65. The highest BCUT2D eigenvalue weighted by molar-refractivity contribution is 5.82. The van der Waals surface area contributed by atoms with E-state index in [4.69, 9.17) is 0 Å². The summed E-state index contributed by atoms with van der Waals surface area (Å²) in [6, 6.07) is 0.0619. The van der Waals surface area contributed by atoms with Gasteiger partial charge >= 0.3 is 0 Å². The zero-order valence-corrected chi connectivity index (χ0v) is 13.2. The Kier molecular flexibility index (Phi) is 6.30. The lowest BCUT2D eigenvalue weighted by Gasteiger charge is -2.36. The second-order valence-corrected chi connectivity index (χ2v) is 6.74. The number of hydrogen-bond acceptors (Lipinski definition) is 3. The largest absolute Gasteiger partial charge is 0.354 e. The second-order valence-electron chi connectivity index (χ2n) is 6.74. The Balaban J connectivity index is 1.82. The molecule has 1 amide bonds. The van der Waals surface area contributed by atoms with Crippen LogP contribution in [0.15, 0.2) is 0 Å².